The van der Waals surface area contributed by atoms with Crippen molar-refractivity contribution in [2.24, 2.45) is 0 Å². The number of rotatable bonds is 4. The van der Waals surface area contributed by atoms with Gasteiger partial charge in [0.1, 0.15) is 0 Å². The fourth-order valence-electron chi connectivity index (χ4n) is 1.29. The topological polar surface area (TPSA) is 37.4 Å². The van der Waals surface area contributed by atoms with Gasteiger partial charge in [0, 0.05) is 30.9 Å². The quantitative estimate of drug-likeness (QED) is 0.780. The lowest BCUT2D eigenvalue weighted by atomic mass is 10.2. The molecule has 16 heavy (non-hydrogen) atoms. The summed E-state index contributed by atoms with van der Waals surface area (Å²) in [6.45, 7) is 2.01. The van der Waals surface area contributed by atoms with Gasteiger partial charge < -0.3 is 4.90 Å². The third-order valence-corrected chi connectivity index (χ3v) is 4.13. The summed E-state index contributed by atoms with van der Waals surface area (Å²) in [5.74, 6) is 0.532. The number of benzene rings is 1. The minimum Gasteiger partial charge on any atom is -0.371 e. The van der Waals surface area contributed by atoms with Crippen LogP contribution >= 0.6 is 11.6 Å². The molecule has 1 rings (SSSR count). The largest absolute Gasteiger partial charge is 0.371 e. The first-order chi connectivity index (χ1) is 7.36. The van der Waals surface area contributed by atoms with Crippen LogP contribution in [0.3, 0.4) is 0 Å². The molecule has 5 heteroatoms. The molecule has 0 N–H and O–H groups in total. The molecule has 0 bridgehead atoms. The number of nitrogens with zero attached hydrogens (tertiary/aromatic N) is 1. The predicted molar refractivity (Wildman–Crippen MR) is 68.1 cm³/mol. The average Bonchev–Trinajstić information content (AvgIpc) is 2.26. The SMILES string of the molecule is CC(CCl)N(C)c1ccc(S(C)(=O)=O)cc1. The van der Waals surface area contributed by atoms with Crippen molar-refractivity contribution in [1.82, 2.24) is 0 Å². The number of halogens is 1. The first-order valence-electron chi connectivity index (χ1n) is 4.95. The van der Waals surface area contributed by atoms with Crippen LogP contribution in [0, 0.1) is 0 Å². The van der Waals surface area contributed by atoms with Crippen molar-refractivity contribution in [3.05, 3.63) is 24.3 Å². The second-order valence-corrected chi connectivity index (χ2v) is 6.20. The summed E-state index contributed by atoms with van der Waals surface area (Å²) in [5, 5.41) is 0. The highest BCUT2D eigenvalue weighted by atomic mass is 35.5. The lowest BCUT2D eigenvalue weighted by Gasteiger charge is -2.25. The van der Waals surface area contributed by atoms with E-state index in [2.05, 4.69) is 0 Å². The van der Waals surface area contributed by atoms with Gasteiger partial charge >= 0.3 is 0 Å². The molecule has 1 aromatic carbocycles. The molecule has 0 aliphatic rings. The maximum atomic E-state index is 11.3. The number of alkyl halides is 1. The Morgan fingerprint density at radius 3 is 2.19 bits per heavy atom. The molecular formula is C11H16ClNO2S. The summed E-state index contributed by atoms with van der Waals surface area (Å²) in [4.78, 5) is 2.35. The van der Waals surface area contributed by atoms with Crippen molar-refractivity contribution in [2.75, 3.05) is 24.1 Å². The molecular weight excluding hydrogens is 246 g/mol. The van der Waals surface area contributed by atoms with E-state index >= 15 is 0 Å². The molecule has 0 aromatic heterocycles. The monoisotopic (exact) mass is 261 g/mol. The standard InChI is InChI=1S/C11H16ClNO2S/c1-9(8-12)13(2)10-4-6-11(7-5-10)16(3,14)15/h4-7,9H,8H2,1-3H3. The van der Waals surface area contributed by atoms with E-state index in [1.165, 1.54) is 6.26 Å². The Morgan fingerprint density at radius 1 is 1.31 bits per heavy atom. The van der Waals surface area contributed by atoms with Crippen LogP contribution in [0.2, 0.25) is 0 Å². The van der Waals surface area contributed by atoms with Gasteiger partial charge in [-0.25, -0.2) is 8.42 Å². The highest BCUT2D eigenvalue weighted by Gasteiger charge is 2.10. The summed E-state index contributed by atoms with van der Waals surface area (Å²) < 4.78 is 22.5. The van der Waals surface area contributed by atoms with E-state index in [1.807, 2.05) is 18.9 Å². The summed E-state index contributed by atoms with van der Waals surface area (Å²) in [6, 6.07) is 7.02. The van der Waals surface area contributed by atoms with Gasteiger partial charge in [-0.1, -0.05) is 0 Å². The van der Waals surface area contributed by atoms with Crippen LogP contribution < -0.4 is 4.90 Å². The summed E-state index contributed by atoms with van der Waals surface area (Å²) in [6.07, 6.45) is 1.20. The number of hydrogen-bond acceptors (Lipinski definition) is 3. The minimum absolute atomic E-state index is 0.214. The van der Waals surface area contributed by atoms with Crippen molar-refractivity contribution in [3.8, 4) is 0 Å². The van der Waals surface area contributed by atoms with Gasteiger partial charge in [-0.05, 0) is 31.2 Å². The number of hydrogen-bond donors (Lipinski definition) is 0. The molecule has 0 radical (unpaired) electrons. The molecule has 1 atom stereocenters. The zero-order chi connectivity index (χ0) is 12.3. The lowest BCUT2D eigenvalue weighted by Crippen LogP contribution is -2.30. The Bertz CT molecular complexity index is 442. The van der Waals surface area contributed by atoms with Gasteiger partial charge in [-0.2, -0.15) is 0 Å². The molecule has 90 valence electrons. The Balaban J connectivity index is 2.96. The minimum atomic E-state index is -3.12. The van der Waals surface area contributed by atoms with Crippen molar-refractivity contribution in [1.29, 1.82) is 0 Å². The molecule has 0 spiro atoms. The van der Waals surface area contributed by atoms with E-state index < -0.39 is 9.84 Å². The second kappa shape index (κ2) is 5.06. The highest BCUT2D eigenvalue weighted by Crippen LogP contribution is 2.18. The molecule has 1 aromatic rings. The maximum Gasteiger partial charge on any atom is 0.175 e. The summed E-state index contributed by atoms with van der Waals surface area (Å²) in [7, 11) is -1.18. The van der Waals surface area contributed by atoms with Gasteiger partial charge in [0.05, 0.1) is 4.90 Å². The molecule has 0 saturated carbocycles. The molecule has 0 aliphatic carbocycles. The lowest BCUT2D eigenvalue weighted by molar-refractivity contribution is 0.602. The number of sulfone groups is 1. The van der Waals surface area contributed by atoms with Gasteiger partial charge in [0.25, 0.3) is 0 Å². The van der Waals surface area contributed by atoms with E-state index in [-0.39, 0.29) is 6.04 Å². The third kappa shape index (κ3) is 3.12. The van der Waals surface area contributed by atoms with Crippen LogP contribution in [0.25, 0.3) is 0 Å². The van der Waals surface area contributed by atoms with E-state index in [1.54, 1.807) is 24.3 Å². The van der Waals surface area contributed by atoms with E-state index in [0.29, 0.717) is 10.8 Å². The maximum absolute atomic E-state index is 11.3. The fraction of sp³-hybridized carbons (Fsp3) is 0.455. The van der Waals surface area contributed by atoms with Crippen LogP contribution in [0.1, 0.15) is 6.92 Å². The molecule has 0 amide bonds. The smallest absolute Gasteiger partial charge is 0.175 e. The van der Waals surface area contributed by atoms with Crippen molar-refractivity contribution in [3.63, 3.8) is 0 Å². The van der Waals surface area contributed by atoms with Crippen LogP contribution in [-0.4, -0.2) is 33.6 Å². The van der Waals surface area contributed by atoms with Gasteiger partial charge in [0.2, 0.25) is 0 Å². The van der Waals surface area contributed by atoms with E-state index in [0.717, 1.165) is 5.69 Å². The average molecular weight is 262 g/mol. The van der Waals surface area contributed by atoms with Gasteiger partial charge in [0.15, 0.2) is 9.84 Å². The Hall–Kier alpha value is -0.740. The van der Waals surface area contributed by atoms with Gasteiger partial charge in [-0.3, -0.25) is 0 Å². The molecule has 3 nitrogen and oxygen atoms in total. The first kappa shape index (κ1) is 13.3. The number of anilines is 1. The molecule has 0 heterocycles. The summed E-state index contributed by atoms with van der Waals surface area (Å²) >= 11 is 5.76. The second-order valence-electron chi connectivity index (χ2n) is 3.88. The highest BCUT2D eigenvalue weighted by molar-refractivity contribution is 7.90. The van der Waals surface area contributed by atoms with Crippen molar-refractivity contribution in [2.45, 2.75) is 17.9 Å². The zero-order valence-electron chi connectivity index (χ0n) is 9.64. The molecule has 0 aliphatic heterocycles. The van der Waals surface area contributed by atoms with Crippen LogP contribution in [0.15, 0.2) is 29.2 Å². The van der Waals surface area contributed by atoms with Crippen molar-refractivity contribution < 1.29 is 8.42 Å². The van der Waals surface area contributed by atoms with Crippen LogP contribution in [-0.2, 0) is 9.84 Å². The normalized spacial score (nSPS) is 13.5. The zero-order valence-corrected chi connectivity index (χ0v) is 11.2. The van der Waals surface area contributed by atoms with Crippen LogP contribution in [0.5, 0.6) is 0 Å². The molecule has 0 fully saturated rings. The first-order valence-corrected chi connectivity index (χ1v) is 7.37. The Morgan fingerprint density at radius 2 is 1.81 bits per heavy atom. The molecule has 0 saturated heterocycles. The fourth-order valence-corrected chi connectivity index (χ4v) is 2.12. The predicted octanol–water partition coefficient (Wildman–Crippen LogP) is 2.15. The Kier molecular flexibility index (Phi) is 4.21. The van der Waals surface area contributed by atoms with Gasteiger partial charge in [-0.15, -0.1) is 11.6 Å². The van der Waals surface area contributed by atoms with E-state index in [4.69, 9.17) is 11.6 Å². The third-order valence-electron chi connectivity index (χ3n) is 2.56. The molecule has 1 unspecified atom stereocenters. The van der Waals surface area contributed by atoms with E-state index in [9.17, 15) is 8.42 Å². The van der Waals surface area contributed by atoms with Crippen molar-refractivity contribution >= 4 is 27.1 Å². The van der Waals surface area contributed by atoms with Crippen LogP contribution in [0.4, 0.5) is 5.69 Å². The summed E-state index contributed by atoms with van der Waals surface area (Å²) in [5.41, 5.74) is 0.959. The Labute approximate surface area is 102 Å².